The number of ketones is 1. The summed E-state index contributed by atoms with van der Waals surface area (Å²) in [5.41, 5.74) is 2.11. The number of fused-ring (bicyclic) bond motifs is 1. The zero-order chi connectivity index (χ0) is 30.7. The van der Waals surface area contributed by atoms with Gasteiger partial charge in [0.1, 0.15) is 11.4 Å². The van der Waals surface area contributed by atoms with Gasteiger partial charge in [-0.15, -0.1) is 11.3 Å². The predicted octanol–water partition coefficient (Wildman–Crippen LogP) is 5.07. The standard InChI is InChI=1S/C31H31F2N5O4S/c1-5-27(39)36-20-14-19(38-11-9-37(6-2)10-12-38)8-7-18(20)13-26-34-17-25-21(35-26)15-24(43-25)31(40)28-29(32)22(41-3)16-23(42-4)30(28)33/h5,7-8,14-17H,1,6,9-13H2,2-4H3,(H,36,39). The topological polar surface area (TPSA) is 96.9 Å². The lowest BCUT2D eigenvalue weighted by atomic mass is 10.1. The summed E-state index contributed by atoms with van der Waals surface area (Å²) in [6.07, 6.45) is 3.08. The summed E-state index contributed by atoms with van der Waals surface area (Å²) in [5.74, 6) is -3.58. The fourth-order valence-electron chi connectivity index (χ4n) is 4.99. The molecule has 1 aliphatic rings. The molecule has 2 aromatic carbocycles. The molecule has 1 amide bonds. The van der Waals surface area contributed by atoms with Crippen LogP contribution in [0.2, 0.25) is 0 Å². The summed E-state index contributed by atoms with van der Waals surface area (Å²) in [7, 11) is 2.44. The second-order valence-corrected chi connectivity index (χ2v) is 11.0. The van der Waals surface area contributed by atoms with Crippen molar-refractivity contribution in [2.24, 2.45) is 0 Å². The number of ether oxygens (including phenoxy) is 2. The van der Waals surface area contributed by atoms with E-state index < -0.39 is 23.0 Å². The van der Waals surface area contributed by atoms with Gasteiger partial charge in [0.15, 0.2) is 23.1 Å². The Labute approximate surface area is 251 Å². The van der Waals surface area contributed by atoms with Crippen molar-refractivity contribution in [3.8, 4) is 11.5 Å². The molecule has 224 valence electrons. The van der Waals surface area contributed by atoms with E-state index >= 15 is 0 Å². The Morgan fingerprint density at radius 2 is 1.77 bits per heavy atom. The lowest BCUT2D eigenvalue weighted by Crippen LogP contribution is -2.46. The van der Waals surface area contributed by atoms with E-state index in [4.69, 9.17) is 9.47 Å². The van der Waals surface area contributed by atoms with Crippen molar-refractivity contribution >= 4 is 44.6 Å². The number of halogens is 2. The smallest absolute Gasteiger partial charge is 0.247 e. The molecule has 0 bridgehead atoms. The van der Waals surface area contributed by atoms with Gasteiger partial charge in [-0.25, -0.2) is 18.7 Å². The van der Waals surface area contributed by atoms with Crippen LogP contribution in [-0.2, 0) is 11.2 Å². The number of amides is 1. The zero-order valence-electron chi connectivity index (χ0n) is 24.1. The van der Waals surface area contributed by atoms with Crippen molar-refractivity contribution < 1.29 is 27.8 Å². The van der Waals surface area contributed by atoms with Crippen molar-refractivity contribution in [1.29, 1.82) is 0 Å². The molecule has 0 saturated carbocycles. The van der Waals surface area contributed by atoms with Crippen molar-refractivity contribution in [3.63, 3.8) is 0 Å². The number of anilines is 2. The second-order valence-electron chi connectivity index (χ2n) is 9.89. The summed E-state index contributed by atoms with van der Waals surface area (Å²) < 4.78 is 40.5. The number of methoxy groups -OCH3 is 2. The fourth-order valence-corrected chi connectivity index (χ4v) is 5.91. The first-order chi connectivity index (χ1) is 20.8. The first-order valence-electron chi connectivity index (χ1n) is 13.7. The molecule has 0 radical (unpaired) electrons. The van der Waals surface area contributed by atoms with Crippen LogP contribution in [0.4, 0.5) is 20.2 Å². The van der Waals surface area contributed by atoms with E-state index in [-0.39, 0.29) is 22.3 Å². The molecular weight excluding hydrogens is 576 g/mol. The Morgan fingerprint density at radius 1 is 1.07 bits per heavy atom. The first-order valence-corrected chi connectivity index (χ1v) is 14.5. The van der Waals surface area contributed by atoms with Crippen LogP contribution in [0.3, 0.4) is 0 Å². The third kappa shape index (κ3) is 6.20. The molecule has 1 saturated heterocycles. The molecule has 0 unspecified atom stereocenters. The van der Waals surface area contributed by atoms with Crippen LogP contribution in [0, 0.1) is 11.6 Å². The molecule has 9 nitrogen and oxygen atoms in total. The molecule has 1 aliphatic heterocycles. The van der Waals surface area contributed by atoms with E-state index in [0.717, 1.165) is 61.4 Å². The van der Waals surface area contributed by atoms with E-state index in [1.807, 2.05) is 18.2 Å². The first kappa shape index (κ1) is 30.1. The number of rotatable bonds is 10. The van der Waals surface area contributed by atoms with Gasteiger partial charge in [0.2, 0.25) is 11.7 Å². The highest BCUT2D eigenvalue weighted by Crippen LogP contribution is 2.35. The number of benzene rings is 2. The van der Waals surface area contributed by atoms with Gasteiger partial charge < -0.3 is 24.6 Å². The zero-order valence-corrected chi connectivity index (χ0v) is 24.9. The van der Waals surface area contributed by atoms with Crippen LogP contribution in [0.1, 0.15) is 33.5 Å². The van der Waals surface area contributed by atoms with Gasteiger partial charge >= 0.3 is 0 Å². The number of hydrogen-bond acceptors (Lipinski definition) is 9. The Morgan fingerprint density at radius 3 is 2.40 bits per heavy atom. The van der Waals surface area contributed by atoms with Crippen molar-refractivity contribution in [3.05, 3.63) is 82.6 Å². The summed E-state index contributed by atoms with van der Waals surface area (Å²) >= 11 is 1.03. The van der Waals surface area contributed by atoms with Crippen LogP contribution in [-0.4, -0.2) is 73.5 Å². The highest BCUT2D eigenvalue weighted by Gasteiger charge is 2.28. The third-order valence-corrected chi connectivity index (χ3v) is 8.47. The lowest BCUT2D eigenvalue weighted by molar-refractivity contribution is -0.111. The number of likely N-dealkylation sites (N-methyl/N-ethyl adjacent to an activating group) is 1. The largest absolute Gasteiger partial charge is 0.494 e. The van der Waals surface area contributed by atoms with Crippen LogP contribution < -0.4 is 19.7 Å². The average molecular weight is 608 g/mol. The number of nitrogens with zero attached hydrogens (tertiary/aromatic N) is 4. The summed E-state index contributed by atoms with van der Waals surface area (Å²) in [6, 6.07) is 8.44. The second kappa shape index (κ2) is 12.8. The minimum Gasteiger partial charge on any atom is -0.494 e. The molecular formula is C31H31F2N5O4S. The van der Waals surface area contributed by atoms with E-state index in [9.17, 15) is 18.4 Å². The van der Waals surface area contributed by atoms with Gasteiger partial charge in [-0.1, -0.05) is 19.6 Å². The molecule has 12 heteroatoms. The maximum Gasteiger partial charge on any atom is 0.247 e. The molecule has 3 heterocycles. The molecule has 5 rings (SSSR count). The third-order valence-electron chi connectivity index (χ3n) is 7.41. The lowest BCUT2D eigenvalue weighted by Gasteiger charge is -2.35. The fraction of sp³-hybridized carbons (Fsp3) is 0.290. The maximum absolute atomic E-state index is 15.0. The molecule has 1 N–H and O–H groups in total. The molecule has 2 aromatic heterocycles. The normalized spacial score (nSPS) is 13.7. The van der Waals surface area contributed by atoms with E-state index in [1.54, 1.807) is 6.20 Å². The van der Waals surface area contributed by atoms with Gasteiger partial charge in [0.05, 0.1) is 29.3 Å². The van der Waals surface area contributed by atoms with Crippen molar-refractivity contribution in [2.45, 2.75) is 13.3 Å². The van der Waals surface area contributed by atoms with E-state index in [0.29, 0.717) is 28.1 Å². The van der Waals surface area contributed by atoms with Gasteiger partial charge in [-0.2, -0.15) is 0 Å². The number of piperazine rings is 1. The molecule has 43 heavy (non-hydrogen) atoms. The highest BCUT2D eigenvalue weighted by molar-refractivity contribution is 7.20. The average Bonchev–Trinajstić information content (AvgIpc) is 3.45. The van der Waals surface area contributed by atoms with Crippen LogP contribution in [0.15, 0.2) is 49.2 Å². The van der Waals surface area contributed by atoms with Gasteiger partial charge in [-0.05, 0) is 36.4 Å². The number of nitrogens with one attached hydrogen (secondary N) is 1. The van der Waals surface area contributed by atoms with E-state index in [2.05, 4.69) is 38.6 Å². The molecule has 1 fully saturated rings. The Kier molecular flexibility index (Phi) is 8.97. The number of carbonyl (C=O) groups is 2. The van der Waals surface area contributed by atoms with Crippen LogP contribution in [0.5, 0.6) is 11.5 Å². The summed E-state index contributed by atoms with van der Waals surface area (Å²) in [6.45, 7) is 10.4. The molecule has 4 aromatic rings. The van der Waals surface area contributed by atoms with Crippen molar-refractivity contribution in [1.82, 2.24) is 14.9 Å². The molecule has 0 atom stereocenters. The SMILES string of the molecule is C=CC(=O)Nc1cc(N2CCN(CC)CC2)ccc1Cc1ncc2sc(C(=O)c3c(F)c(OC)cc(OC)c3F)cc2n1. The highest BCUT2D eigenvalue weighted by atomic mass is 32.1. The van der Waals surface area contributed by atoms with Gasteiger partial charge in [0.25, 0.3) is 0 Å². The number of thiophene rings is 1. The predicted molar refractivity (Wildman–Crippen MR) is 163 cm³/mol. The quantitative estimate of drug-likeness (QED) is 0.197. The van der Waals surface area contributed by atoms with Crippen LogP contribution >= 0.6 is 11.3 Å². The number of carbonyl (C=O) groups excluding carboxylic acids is 2. The Balaban J connectivity index is 1.43. The van der Waals surface area contributed by atoms with Crippen LogP contribution in [0.25, 0.3) is 10.2 Å². The molecule has 0 spiro atoms. The Bertz CT molecular complexity index is 1670. The maximum atomic E-state index is 15.0. The Hall–Kier alpha value is -4.42. The monoisotopic (exact) mass is 607 g/mol. The summed E-state index contributed by atoms with van der Waals surface area (Å²) in [4.78, 5) is 39.4. The van der Waals surface area contributed by atoms with Crippen molar-refractivity contribution in [2.75, 3.05) is 57.2 Å². The van der Waals surface area contributed by atoms with Gasteiger partial charge in [-0.3, -0.25) is 9.59 Å². The number of hydrogen-bond donors (Lipinski definition) is 1. The number of aromatic nitrogens is 2. The minimum absolute atomic E-state index is 0.0843. The summed E-state index contributed by atoms with van der Waals surface area (Å²) in [5, 5.41) is 2.90. The van der Waals surface area contributed by atoms with Gasteiger partial charge in [0, 0.05) is 56.2 Å². The minimum atomic E-state index is -1.11. The molecule has 0 aliphatic carbocycles. The van der Waals surface area contributed by atoms with E-state index in [1.165, 1.54) is 26.4 Å².